The number of alkyl carbamates (subject to hydrolysis) is 1. The van der Waals surface area contributed by atoms with Crippen LogP contribution in [0.25, 0.3) is 0 Å². The third-order valence-corrected chi connectivity index (χ3v) is 3.63. The summed E-state index contributed by atoms with van der Waals surface area (Å²) in [5.74, 6) is -0.801. The molecule has 0 radical (unpaired) electrons. The predicted molar refractivity (Wildman–Crippen MR) is 98.0 cm³/mol. The highest BCUT2D eigenvalue weighted by molar-refractivity contribution is 5.93. The molecule has 1 aliphatic heterocycles. The van der Waals surface area contributed by atoms with Crippen molar-refractivity contribution in [3.63, 3.8) is 0 Å². The topological polar surface area (TPSA) is 112 Å². The summed E-state index contributed by atoms with van der Waals surface area (Å²) in [4.78, 5) is 37.1. The molecule has 2 N–H and O–H groups in total. The van der Waals surface area contributed by atoms with Crippen molar-refractivity contribution in [1.82, 2.24) is 15.1 Å². The molecule has 9 heteroatoms. The Labute approximate surface area is 158 Å². The van der Waals surface area contributed by atoms with Gasteiger partial charge in [0, 0.05) is 6.07 Å². The number of hydrogen-bond donors (Lipinski definition) is 2. The standard InChI is InChI=1S/C18H28N4O5/c1-17(2,3)26-15(24)12(20-16(25)27-18(4,5)6)9-11-10-22-13(7-8-19-22)21-14(11)23/h7-8,11-12H,9-10H2,1-6H3,(H,20,25)(H,21,23)/t11-,12+/m1/s1. The summed E-state index contributed by atoms with van der Waals surface area (Å²) in [6.07, 6.45) is 0.913. The fourth-order valence-electron chi connectivity index (χ4n) is 2.61. The van der Waals surface area contributed by atoms with Crippen molar-refractivity contribution >= 4 is 23.8 Å². The maximum Gasteiger partial charge on any atom is 0.408 e. The molecule has 1 aromatic heterocycles. The van der Waals surface area contributed by atoms with Crippen LogP contribution in [0.3, 0.4) is 0 Å². The van der Waals surface area contributed by atoms with Gasteiger partial charge < -0.3 is 20.1 Å². The minimum atomic E-state index is -1.02. The van der Waals surface area contributed by atoms with Gasteiger partial charge in [-0.05, 0) is 48.0 Å². The van der Waals surface area contributed by atoms with E-state index in [2.05, 4.69) is 15.7 Å². The summed E-state index contributed by atoms with van der Waals surface area (Å²) in [5, 5.41) is 9.41. The summed E-state index contributed by atoms with van der Waals surface area (Å²) in [5.41, 5.74) is -1.44. The molecule has 0 aliphatic carbocycles. The molecule has 1 aliphatic rings. The van der Waals surface area contributed by atoms with Gasteiger partial charge in [-0.3, -0.25) is 4.79 Å². The number of amides is 2. The first-order valence-electron chi connectivity index (χ1n) is 8.89. The quantitative estimate of drug-likeness (QED) is 0.774. The van der Waals surface area contributed by atoms with Crippen LogP contribution in [0.15, 0.2) is 12.3 Å². The van der Waals surface area contributed by atoms with Crippen LogP contribution in [-0.2, 0) is 25.6 Å². The van der Waals surface area contributed by atoms with E-state index in [1.54, 1.807) is 58.5 Å². The first kappa shape index (κ1) is 20.7. The van der Waals surface area contributed by atoms with Gasteiger partial charge in [0.2, 0.25) is 5.91 Å². The number of ether oxygens (including phenoxy) is 2. The van der Waals surface area contributed by atoms with Crippen LogP contribution in [0, 0.1) is 5.92 Å². The Morgan fingerprint density at radius 2 is 1.89 bits per heavy atom. The fourth-order valence-corrected chi connectivity index (χ4v) is 2.61. The lowest BCUT2D eigenvalue weighted by atomic mass is 9.97. The first-order chi connectivity index (χ1) is 12.3. The molecular weight excluding hydrogens is 352 g/mol. The molecule has 1 aromatic rings. The number of carbonyl (C=O) groups is 3. The first-order valence-corrected chi connectivity index (χ1v) is 8.89. The lowest BCUT2D eigenvalue weighted by Gasteiger charge is -2.29. The molecule has 2 amide bonds. The van der Waals surface area contributed by atoms with E-state index in [-0.39, 0.29) is 12.3 Å². The van der Waals surface area contributed by atoms with Crippen LogP contribution in [0.2, 0.25) is 0 Å². The van der Waals surface area contributed by atoms with E-state index >= 15 is 0 Å². The Bertz CT molecular complexity index is 714. The van der Waals surface area contributed by atoms with Crippen LogP contribution in [0.4, 0.5) is 10.6 Å². The summed E-state index contributed by atoms with van der Waals surface area (Å²) in [6, 6.07) is 0.672. The van der Waals surface area contributed by atoms with Gasteiger partial charge in [0.15, 0.2) is 0 Å². The van der Waals surface area contributed by atoms with E-state index < -0.39 is 35.2 Å². The Morgan fingerprint density at radius 3 is 2.48 bits per heavy atom. The van der Waals surface area contributed by atoms with Gasteiger partial charge in [-0.2, -0.15) is 5.10 Å². The molecule has 0 saturated carbocycles. The van der Waals surface area contributed by atoms with E-state index in [0.717, 1.165) is 0 Å². The molecule has 0 saturated heterocycles. The van der Waals surface area contributed by atoms with Crippen molar-refractivity contribution < 1.29 is 23.9 Å². The molecule has 0 bridgehead atoms. The largest absolute Gasteiger partial charge is 0.458 e. The van der Waals surface area contributed by atoms with Gasteiger partial charge in [-0.1, -0.05) is 0 Å². The van der Waals surface area contributed by atoms with Crippen molar-refractivity contribution in [2.45, 2.75) is 71.8 Å². The average molecular weight is 380 g/mol. The van der Waals surface area contributed by atoms with Crippen molar-refractivity contribution in [2.24, 2.45) is 5.92 Å². The van der Waals surface area contributed by atoms with Gasteiger partial charge in [-0.25, -0.2) is 14.3 Å². The van der Waals surface area contributed by atoms with Gasteiger partial charge in [0.05, 0.1) is 18.7 Å². The third kappa shape index (κ3) is 6.26. The normalized spacial score (nSPS) is 18.1. The second-order valence-electron chi connectivity index (χ2n) is 8.55. The highest BCUT2D eigenvalue weighted by atomic mass is 16.6. The van der Waals surface area contributed by atoms with Gasteiger partial charge in [0.25, 0.3) is 0 Å². The number of esters is 1. The Hall–Kier alpha value is -2.58. The zero-order valence-corrected chi connectivity index (χ0v) is 16.7. The minimum Gasteiger partial charge on any atom is -0.458 e. The molecule has 0 unspecified atom stereocenters. The Kier molecular flexibility index (Phi) is 5.82. The van der Waals surface area contributed by atoms with E-state index in [0.29, 0.717) is 12.4 Å². The number of nitrogens with zero attached hydrogens (tertiary/aromatic N) is 2. The minimum absolute atomic E-state index is 0.0687. The zero-order valence-electron chi connectivity index (χ0n) is 16.7. The SMILES string of the molecule is CC(C)(C)OC(=O)N[C@@H](C[C@@H]1Cn2nccc2NC1=O)C(=O)OC(C)(C)C. The van der Waals surface area contributed by atoms with Crippen molar-refractivity contribution in [1.29, 1.82) is 0 Å². The van der Waals surface area contributed by atoms with E-state index in [1.807, 2.05) is 0 Å². The van der Waals surface area contributed by atoms with Crippen molar-refractivity contribution in [3.8, 4) is 0 Å². The Balaban J connectivity index is 2.13. The second kappa shape index (κ2) is 7.58. The van der Waals surface area contributed by atoms with Crippen LogP contribution in [-0.4, -0.2) is 45.0 Å². The van der Waals surface area contributed by atoms with Crippen LogP contribution in [0.5, 0.6) is 0 Å². The highest BCUT2D eigenvalue weighted by Crippen LogP contribution is 2.22. The molecule has 2 rings (SSSR count). The molecule has 2 heterocycles. The van der Waals surface area contributed by atoms with Crippen LogP contribution >= 0.6 is 0 Å². The second-order valence-corrected chi connectivity index (χ2v) is 8.55. The number of fused-ring (bicyclic) bond motifs is 1. The third-order valence-electron chi connectivity index (χ3n) is 3.63. The van der Waals surface area contributed by atoms with E-state index in [4.69, 9.17) is 9.47 Å². The van der Waals surface area contributed by atoms with Gasteiger partial charge in [0.1, 0.15) is 23.1 Å². The molecule has 27 heavy (non-hydrogen) atoms. The zero-order chi connectivity index (χ0) is 20.4. The van der Waals surface area contributed by atoms with Crippen molar-refractivity contribution in [3.05, 3.63) is 12.3 Å². The number of hydrogen-bond acceptors (Lipinski definition) is 6. The van der Waals surface area contributed by atoms with E-state index in [1.165, 1.54) is 0 Å². The lowest BCUT2D eigenvalue weighted by molar-refractivity contribution is -0.158. The van der Waals surface area contributed by atoms with Gasteiger partial charge >= 0.3 is 12.1 Å². The number of aromatic nitrogens is 2. The smallest absolute Gasteiger partial charge is 0.408 e. The van der Waals surface area contributed by atoms with Crippen LogP contribution in [0.1, 0.15) is 48.0 Å². The number of nitrogens with one attached hydrogen (secondary N) is 2. The van der Waals surface area contributed by atoms with Crippen molar-refractivity contribution in [2.75, 3.05) is 5.32 Å². The fraction of sp³-hybridized carbons (Fsp3) is 0.667. The Morgan fingerprint density at radius 1 is 1.26 bits per heavy atom. The molecule has 0 aromatic carbocycles. The molecule has 9 nitrogen and oxygen atoms in total. The molecule has 0 fully saturated rings. The highest BCUT2D eigenvalue weighted by Gasteiger charge is 2.35. The average Bonchev–Trinajstić information content (AvgIpc) is 2.89. The lowest BCUT2D eigenvalue weighted by Crippen LogP contribution is -2.48. The summed E-state index contributed by atoms with van der Waals surface area (Å²) in [7, 11) is 0. The maximum atomic E-state index is 12.6. The van der Waals surface area contributed by atoms with Gasteiger partial charge in [-0.15, -0.1) is 0 Å². The van der Waals surface area contributed by atoms with Crippen LogP contribution < -0.4 is 10.6 Å². The molecule has 0 spiro atoms. The molecular formula is C18H28N4O5. The number of carbonyl (C=O) groups excluding carboxylic acids is 3. The maximum absolute atomic E-state index is 12.6. The number of anilines is 1. The predicted octanol–water partition coefficient (Wildman–Crippen LogP) is 2.08. The monoisotopic (exact) mass is 380 g/mol. The summed E-state index contributed by atoms with van der Waals surface area (Å²) >= 11 is 0. The molecule has 2 atom stereocenters. The molecule has 150 valence electrons. The van der Waals surface area contributed by atoms with E-state index in [9.17, 15) is 14.4 Å². The number of rotatable bonds is 4. The summed E-state index contributed by atoms with van der Waals surface area (Å²) in [6.45, 7) is 10.7. The summed E-state index contributed by atoms with van der Waals surface area (Å²) < 4.78 is 12.3.